The molecular weight excluding hydrogens is 268 g/mol. The summed E-state index contributed by atoms with van der Waals surface area (Å²) in [7, 11) is 0. The van der Waals surface area contributed by atoms with Crippen molar-refractivity contribution in [1.82, 2.24) is 14.8 Å². The Morgan fingerprint density at radius 3 is 2.53 bits per heavy atom. The maximum absolute atomic E-state index is 11.6. The van der Waals surface area contributed by atoms with E-state index in [0.717, 1.165) is 18.2 Å². The third-order valence-electron chi connectivity index (χ3n) is 2.66. The number of aromatic nitrogens is 3. The molecule has 0 aliphatic carbocycles. The standard InChI is InChI=1S/C11H18N4O3S/c1-4-5-7-13-14-10(19-6-8(16)17)15(7)11(2,3)9(12)18/h4-6H2,1-3H3,(H2,12,18)(H,16,17). The van der Waals surface area contributed by atoms with Gasteiger partial charge in [0.05, 0.1) is 5.75 Å². The van der Waals surface area contributed by atoms with Crippen molar-refractivity contribution in [3.05, 3.63) is 5.82 Å². The maximum atomic E-state index is 11.6. The van der Waals surface area contributed by atoms with Gasteiger partial charge >= 0.3 is 5.97 Å². The molecule has 0 atom stereocenters. The van der Waals surface area contributed by atoms with Crippen molar-refractivity contribution in [2.45, 2.75) is 44.3 Å². The zero-order chi connectivity index (χ0) is 14.6. The number of carboxylic acid groups (broad SMARTS) is 1. The lowest BCUT2D eigenvalue weighted by molar-refractivity contribution is -0.133. The molecule has 0 fully saturated rings. The first-order chi connectivity index (χ1) is 8.80. The van der Waals surface area contributed by atoms with Crippen molar-refractivity contribution in [1.29, 1.82) is 0 Å². The van der Waals surface area contributed by atoms with Gasteiger partial charge in [-0.25, -0.2) is 0 Å². The van der Waals surface area contributed by atoms with Crippen LogP contribution in [0.4, 0.5) is 0 Å². The molecule has 0 spiro atoms. The van der Waals surface area contributed by atoms with Gasteiger partial charge in [-0.15, -0.1) is 10.2 Å². The molecule has 8 heteroatoms. The quantitative estimate of drug-likeness (QED) is 0.711. The SMILES string of the molecule is CCCc1nnc(SCC(=O)O)n1C(C)(C)C(N)=O. The Labute approximate surface area is 115 Å². The fourth-order valence-electron chi connectivity index (χ4n) is 1.58. The van der Waals surface area contributed by atoms with Crippen LogP contribution >= 0.6 is 11.8 Å². The van der Waals surface area contributed by atoms with Gasteiger partial charge in [0.15, 0.2) is 5.16 Å². The van der Waals surface area contributed by atoms with Gasteiger partial charge in [0.2, 0.25) is 5.91 Å². The van der Waals surface area contributed by atoms with Gasteiger partial charge < -0.3 is 10.8 Å². The van der Waals surface area contributed by atoms with Crippen LogP contribution in [0.3, 0.4) is 0 Å². The van der Waals surface area contributed by atoms with Crippen molar-refractivity contribution >= 4 is 23.6 Å². The third-order valence-corrected chi connectivity index (χ3v) is 3.57. The lowest BCUT2D eigenvalue weighted by Crippen LogP contribution is -2.42. The average molecular weight is 286 g/mol. The highest BCUT2D eigenvalue weighted by Crippen LogP contribution is 2.26. The summed E-state index contributed by atoms with van der Waals surface area (Å²) in [4.78, 5) is 22.2. The minimum Gasteiger partial charge on any atom is -0.481 e. The van der Waals surface area contributed by atoms with Gasteiger partial charge in [-0.1, -0.05) is 18.7 Å². The molecule has 0 aliphatic heterocycles. The molecule has 7 nitrogen and oxygen atoms in total. The number of aliphatic carboxylic acids is 1. The molecule has 0 radical (unpaired) electrons. The molecule has 0 saturated carbocycles. The van der Waals surface area contributed by atoms with E-state index in [2.05, 4.69) is 10.2 Å². The Morgan fingerprint density at radius 1 is 1.42 bits per heavy atom. The maximum Gasteiger partial charge on any atom is 0.313 e. The number of carboxylic acids is 1. The molecule has 1 rings (SSSR count). The smallest absolute Gasteiger partial charge is 0.313 e. The van der Waals surface area contributed by atoms with E-state index in [0.29, 0.717) is 17.4 Å². The lowest BCUT2D eigenvalue weighted by Gasteiger charge is -2.25. The largest absolute Gasteiger partial charge is 0.481 e. The summed E-state index contributed by atoms with van der Waals surface area (Å²) in [5.41, 5.74) is 4.42. The normalized spacial score (nSPS) is 11.5. The van der Waals surface area contributed by atoms with E-state index in [9.17, 15) is 9.59 Å². The van der Waals surface area contributed by atoms with Crippen molar-refractivity contribution < 1.29 is 14.7 Å². The fourth-order valence-corrected chi connectivity index (χ4v) is 2.39. The molecule has 1 aromatic rings. The fraction of sp³-hybridized carbons (Fsp3) is 0.636. The molecule has 19 heavy (non-hydrogen) atoms. The number of nitrogens with zero attached hydrogens (tertiary/aromatic N) is 3. The van der Waals surface area contributed by atoms with Gasteiger partial charge in [0.25, 0.3) is 0 Å². The number of primary amides is 1. The molecule has 0 bridgehead atoms. The predicted octanol–water partition coefficient (Wildman–Crippen LogP) is 0.628. The van der Waals surface area contributed by atoms with Gasteiger partial charge in [-0.05, 0) is 20.3 Å². The minimum atomic E-state index is -0.991. The molecule has 0 saturated heterocycles. The van der Waals surface area contributed by atoms with E-state index in [1.165, 1.54) is 0 Å². The first-order valence-corrected chi connectivity index (χ1v) is 6.88. The van der Waals surface area contributed by atoms with Crippen LogP contribution in [0, 0.1) is 0 Å². The third kappa shape index (κ3) is 3.46. The van der Waals surface area contributed by atoms with E-state index in [1.54, 1.807) is 18.4 Å². The number of carbonyl (C=O) groups is 2. The second-order valence-corrected chi connectivity index (χ2v) is 5.53. The number of carbonyl (C=O) groups excluding carboxylic acids is 1. The lowest BCUT2D eigenvalue weighted by atomic mass is 10.0. The van der Waals surface area contributed by atoms with Crippen LogP contribution in [0.1, 0.15) is 33.0 Å². The minimum absolute atomic E-state index is 0.140. The molecule has 1 heterocycles. The summed E-state index contributed by atoms with van der Waals surface area (Å²) < 4.78 is 1.63. The van der Waals surface area contributed by atoms with Gasteiger partial charge in [-0.2, -0.15) is 0 Å². The topological polar surface area (TPSA) is 111 Å². The molecule has 0 unspecified atom stereocenters. The number of aryl methyl sites for hydroxylation is 1. The summed E-state index contributed by atoms with van der Waals surface area (Å²) in [6, 6.07) is 0. The Morgan fingerprint density at radius 2 is 2.05 bits per heavy atom. The number of rotatable bonds is 7. The van der Waals surface area contributed by atoms with E-state index in [4.69, 9.17) is 10.8 Å². The van der Waals surface area contributed by atoms with Crippen molar-refractivity contribution in [3.8, 4) is 0 Å². The van der Waals surface area contributed by atoms with Crippen LogP contribution in [0.2, 0.25) is 0 Å². The van der Waals surface area contributed by atoms with Crippen LogP contribution < -0.4 is 5.73 Å². The molecular formula is C11H18N4O3S. The number of hydrogen-bond donors (Lipinski definition) is 2. The summed E-state index contributed by atoms with van der Waals surface area (Å²) in [6.45, 7) is 5.33. The van der Waals surface area contributed by atoms with Crippen LogP contribution in [-0.2, 0) is 21.5 Å². The predicted molar refractivity (Wildman–Crippen MR) is 70.9 cm³/mol. The Kier molecular flexibility index (Phi) is 4.93. The monoisotopic (exact) mass is 286 g/mol. The van der Waals surface area contributed by atoms with Gasteiger partial charge in [0.1, 0.15) is 11.4 Å². The molecule has 1 aromatic heterocycles. The Balaban J connectivity index is 3.18. The van der Waals surface area contributed by atoms with E-state index < -0.39 is 17.4 Å². The first-order valence-electron chi connectivity index (χ1n) is 5.90. The number of amides is 1. The van der Waals surface area contributed by atoms with Gasteiger partial charge in [-0.3, -0.25) is 14.2 Å². The average Bonchev–Trinajstić information content (AvgIpc) is 2.70. The van der Waals surface area contributed by atoms with Crippen LogP contribution in [-0.4, -0.2) is 37.5 Å². The van der Waals surface area contributed by atoms with Crippen molar-refractivity contribution in [2.75, 3.05) is 5.75 Å². The number of nitrogens with two attached hydrogens (primary N) is 1. The Bertz CT molecular complexity index is 484. The van der Waals surface area contributed by atoms with E-state index in [-0.39, 0.29) is 5.75 Å². The van der Waals surface area contributed by atoms with Crippen LogP contribution in [0.25, 0.3) is 0 Å². The summed E-state index contributed by atoms with van der Waals surface area (Å²) in [5, 5.41) is 17.1. The van der Waals surface area contributed by atoms with Crippen LogP contribution in [0.15, 0.2) is 5.16 Å². The van der Waals surface area contributed by atoms with E-state index >= 15 is 0 Å². The van der Waals surface area contributed by atoms with Crippen molar-refractivity contribution in [2.24, 2.45) is 5.73 Å². The van der Waals surface area contributed by atoms with Gasteiger partial charge in [0, 0.05) is 6.42 Å². The van der Waals surface area contributed by atoms with E-state index in [1.807, 2.05) is 6.92 Å². The van der Waals surface area contributed by atoms with Crippen LogP contribution in [0.5, 0.6) is 0 Å². The molecule has 0 aromatic carbocycles. The van der Waals surface area contributed by atoms with Crippen molar-refractivity contribution in [3.63, 3.8) is 0 Å². The molecule has 3 N–H and O–H groups in total. The second kappa shape index (κ2) is 6.05. The second-order valence-electron chi connectivity index (χ2n) is 4.59. The summed E-state index contributed by atoms with van der Waals surface area (Å²) >= 11 is 1.03. The molecule has 1 amide bonds. The summed E-state index contributed by atoms with van der Waals surface area (Å²) in [5.74, 6) is -0.964. The first kappa shape index (κ1) is 15.5. The Hall–Kier alpha value is -1.57. The highest BCUT2D eigenvalue weighted by molar-refractivity contribution is 7.99. The molecule has 106 valence electrons. The number of hydrogen-bond acceptors (Lipinski definition) is 5. The highest BCUT2D eigenvalue weighted by atomic mass is 32.2. The summed E-state index contributed by atoms with van der Waals surface area (Å²) in [6.07, 6.45) is 1.49. The zero-order valence-corrected chi connectivity index (χ0v) is 12.0. The highest BCUT2D eigenvalue weighted by Gasteiger charge is 2.32. The molecule has 0 aliphatic rings. The zero-order valence-electron chi connectivity index (χ0n) is 11.2. The number of thioether (sulfide) groups is 1.